The first kappa shape index (κ1) is 15.1. The van der Waals surface area contributed by atoms with Crippen molar-refractivity contribution in [2.24, 2.45) is 0 Å². The Bertz CT molecular complexity index is 669. The minimum Gasteiger partial charge on any atom is -0.357 e. The average molecular weight is 318 g/mol. The monoisotopic (exact) mass is 317 g/mol. The average Bonchev–Trinajstić information content (AvgIpc) is 2.76. The van der Waals surface area contributed by atoms with Gasteiger partial charge in [0.2, 0.25) is 5.91 Å². The maximum Gasteiger partial charge on any atom is 0.242 e. The van der Waals surface area contributed by atoms with E-state index in [-0.39, 0.29) is 10.9 Å². The van der Waals surface area contributed by atoms with Crippen molar-refractivity contribution in [3.05, 3.63) is 28.8 Å². The van der Waals surface area contributed by atoms with Crippen molar-refractivity contribution < 1.29 is 9.18 Å². The molecule has 2 rings (SSSR count). The smallest absolute Gasteiger partial charge is 0.242 e. The predicted molar refractivity (Wildman–Crippen MR) is 77.7 cm³/mol. The molecule has 2 aromatic rings. The van der Waals surface area contributed by atoms with E-state index in [4.69, 9.17) is 23.2 Å². The summed E-state index contributed by atoms with van der Waals surface area (Å²) in [5.41, 5.74) is 1.00. The molecular weight excluding hydrogens is 304 g/mol. The molecule has 7 heteroatoms. The molecule has 0 saturated heterocycles. The van der Waals surface area contributed by atoms with Gasteiger partial charge in [0.15, 0.2) is 0 Å². The van der Waals surface area contributed by atoms with Gasteiger partial charge in [-0.1, -0.05) is 11.6 Å². The Hall–Kier alpha value is -1.33. The van der Waals surface area contributed by atoms with Crippen molar-refractivity contribution in [3.63, 3.8) is 0 Å². The Morgan fingerprint density at radius 3 is 2.65 bits per heavy atom. The van der Waals surface area contributed by atoms with Gasteiger partial charge in [0, 0.05) is 13.1 Å². The summed E-state index contributed by atoms with van der Waals surface area (Å²) in [6.45, 7) is 3.47. The third-order valence-corrected chi connectivity index (χ3v) is 3.61. The van der Waals surface area contributed by atoms with Gasteiger partial charge in [0.05, 0.1) is 21.4 Å². The lowest BCUT2D eigenvalue weighted by atomic mass is 10.2. The lowest BCUT2D eigenvalue weighted by molar-refractivity contribution is -0.123. The number of benzene rings is 1. The number of carbonyl (C=O) groups excluding carboxylic acids is 1. The number of carbonyl (C=O) groups is 1. The summed E-state index contributed by atoms with van der Waals surface area (Å²) in [5, 5.41) is 2.14. The lowest BCUT2D eigenvalue weighted by Crippen LogP contribution is -2.28. The number of alkyl halides is 1. The van der Waals surface area contributed by atoms with Crippen molar-refractivity contribution >= 4 is 40.1 Å². The Morgan fingerprint density at radius 1 is 1.45 bits per heavy atom. The molecule has 1 aromatic carbocycles. The van der Waals surface area contributed by atoms with Crippen LogP contribution in [0.15, 0.2) is 12.1 Å². The molecule has 0 fully saturated rings. The molecule has 108 valence electrons. The largest absolute Gasteiger partial charge is 0.357 e. The number of imidazole rings is 1. The Kier molecular flexibility index (Phi) is 4.20. The summed E-state index contributed by atoms with van der Waals surface area (Å²) in [4.78, 5) is 16.2. The topological polar surface area (TPSA) is 46.9 Å². The summed E-state index contributed by atoms with van der Waals surface area (Å²) < 4.78 is 15.2. The van der Waals surface area contributed by atoms with E-state index in [0.717, 1.165) is 0 Å². The molecule has 0 aliphatic heterocycles. The fourth-order valence-corrected chi connectivity index (χ4v) is 2.43. The second-order valence-electron chi connectivity index (χ2n) is 4.50. The van der Waals surface area contributed by atoms with Gasteiger partial charge in [-0.25, -0.2) is 9.37 Å². The van der Waals surface area contributed by atoms with Crippen LogP contribution in [0.3, 0.4) is 0 Å². The minimum atomic E-state index is -0.551. The van der Waals surface area contributed by atoms with Crippen molar-refractivity contribution in [2.45, 2.75) is 25.3 Å². The van der Waals surface area contributed by atoms with Gasteiger partial charge in [-0.2, -0.15) is 0 Å². The van der Waals surface area contributed by atoms with Crippen molar-refractivity contribution in [1.82, 2.24) is 14.9 Å². The van der Waals surface area contributed by atoms with Crippen LogP contribution in [0.2, 0.25) is 5.02 Å². The summed E-state index contributed by atoms with van der Waals surface area (Å²) >= 11 is 11.9. The third kappa shape index (κ3) is 2.47. The maximum absolute atomic E-state index is 13.5. The minimum absolute atomic E-state index is 0.0171. The van der Waals surface area contributed by atoms with Gasteiger partial charge >= 0.3 is 0 Å². The molecule has 1 N–H and O–H groups in total. The molecule has 20 heavy (non-hydrogen) atoms. The number of nitrogens with zero attached hydrogens (tertiary/aromatic N) is 2. The SMILES string of the molecule is CNC(=O)C(C)n1c(C(C)Cl)nc2cc(F)c(Cl)cc21. The molecular formula is C13H14Cl2FN3O. The van der Waals surface area contributed by atoms with Crippen LogP contribution in [0, 0.1) is 5.82 Å². The highest BCUT2D eigenvalue weighted by atomic mass is 35.5. The molecule has 0 bridgehead atoms. The van der Waals surface area contributed by atoms with Gasteiger partial charge < -0.3 is 9.88 Å². The quantitative estimate of drug-likeness (QED) is 0.881. The lowest BCUT2D eigenvalue weighted by Gasteiger charge is -2.17. The van der Waals surface area contributed by atoms with Crippen molar-refractivity contribution in [2.75, 3.05) is 7.05 Å². The van der Waals surface area contributed by atoms with Gasteiger partial charge in [-0.05, 0) is 19.9 Å². The van der Waals surface area contributed by atoms with E-state index < -0.39 is 17.2 Å². The van der Waals surface area contributed by atoms with Crippen molar-refractivity contribution in [1.29, 1.82) is 0 Å². The highest BCUT2D eigenvalue weighted by Gasteiger charge is 2.23. The van der Waals surface area contributed by atoms with Crippen LogP contribution >= 0.6 is 23.2 Å². The molecule has 1 amide bonds. The molecule has 1 heterocycles. The van der Waals surface area contributed by atoms with Crippen LogP contribution in [-0.4, -0.2) is 22.5 Å². The molecule has 0 spiro atoms. The van der Waals surface area contributed by atoms with Crippen LogP contribution in [0.4, 0.5) is 4.39 Å². The fourth-order valence-electron chi connectivity index (χ4n) is 2.12. The van der Waals surface area contributed by atoms with E-state index in [1.165, 1.54) is 12.1 Å². The Balaban J connectivity index is 2.74. The van der Waals surface area contributed by atoms with Gasteiger partial charge in [-0.15, -0.1) is 11.6 Å². The van der Waals surface area contributed by atoms with Crippen LogP contribution < -0.4 is 5.32 Å². The molecule has 0 aliphatic rings. The molecule has 0 saturated carbocycles. The maximum atomic E-state index is 13.5. The van der Waals surface area contributed by atoms with Gasteiger partial charge in [0.1, 0.15) is 17.7 Å². The fraction of sp³-hybridized carbons (Fsp3) is 0.385. The first-order valence-electron chi connectivity index (χ1n) is 6.09. The second-order valence-corrected chi connectivity index (χ2v) is 5.56. The normalized spacial score (nSPS) is 14.3. The predicted octanol–water partition coefficient (Wildman–Crippen LogP) is 3.44. The third-order valence-electron chi connectivity index (χ3n) is 3.13. The van der Waals surface area contributed by atoms with Crippen LogP contribution in [0.1, 0.15) is 31.1 Å². The number of likely N-dealkylation sites (N-methyl/N-ethyl adjacent to an activating group) is 1. The Morgan fingerprint density at radius 2 is 2.10 bits per heavy atom. The van der Waals surface area contributed by atoms with Gasteiger partial charge in [0.25, 0.3) is 0 Å². The molecule has 2 unspecified atom stereocenters. The number of hydrogen-bond donors (Lipinski definition) is 1. The molecule has 4 nitrogen and oxygen atoms in total. The first-order chi connectivity index (χ1) is 9.36. The molecule has 2 atom stereocenters. The highest BCUT2D eigenvalue weighted by molar-refractivity contribution is 6.31. The van der Waals surface area contributed by atoms with Crippen LogP contribution in [0.25, 0.3) is 11.0 Å². The summed E-state index contributed by atoms with van der Waals surface area (Å²) in [7, 11) is 1.55. The molecule has 0 aliphatic carbocycles. The zero-order chi connectivity index (χ0) is 15.0. The van der Waals surface area contributed by atoms with E-state index in [1.54, 1.807) is 25.5 Å². The zero-order valence-electron chi connectivity index (χ0n) is 11.2. The molecule has 1 aromatic heterocycles. The van der Waals surface area contributed by atoms with Gasteiger partial charge in [-0.3, -0.25) is 4.79 Å². The first-order valence-corrected chi connectivity index (χ1v) is 6.90. The number of nitrogens with one attached hydrogen (secondary N) is 1. The summed E-state index contributed by atoms with van der Waals surface area (Å²) in [6, 6.07) is 2.18. The second kappa shape index (κ2) is 5.58. The number of hydrogen-bond acceptors (Lipinski definition) is 2. The van der Waals surface area contributed by atoms with E-state index in [1.807, 2.05) is 0 Å². The number of halogens is 3. The number of fused-ring (bicyclic) bond motifs is 1. The number of aromatic nitrogens is 2. The van der Waals surface area contributed by atoms with E-state index >= 15 is 0 Å². The van der Waals surface area contributed by atoms with Crippen LogP contribution in [0.5, 0.6) is 0 Å². The van der Waals surface area contributed by atoms with E-state index in [2.05, 4.69) is 10.3 Å². The zero-order valence-corrected chi connectivity index (χ0v) is 12.8. The van der Waals surface area contributed by atoms with E-state index in [0.29, 0.717) is 16.9 Å². The highest BCUT2D eigenvalue weighted by Crippen LogP contribution is 2.30. The standard InChI is InChI=1S/C13H14Cl2FN3O/c1-6(14)12-18-10-5-9(16)8(15)4-11(10)19(12)7(2)13(20)17-3/h4-7H,1-3H3,(H,17,20). The molecule has 0 radical (unpaired) electrons. The van der Waals surface area contributed by atoms with Crippen molar-refractivity contribution in [3.8, 4) is 0 Å². The number of amides is 1. The Labute approximate surface area is 125 Å². The summed E-state index contributed by atoms with van der Waals surface area (Å²) in [6.07, 6.45) is 0. The number of rotatable bonds is 3. The van der Waals surface area contributed by atoms with E-state index in [9.17, 15) is 9.18 Å². The summed E-state index contributed by atoms with van der Waals surface area (Å²) in [5.74, 6) is -0.243. The van der Waals surface area contributed by atoms with Crippen LogP contribution in [-0.2, 0) is 4.79 Å².